The Bertz CT molecular complexity index is 179. The Balaban J connectivity index is 2.99. The van der Waals surface area contributed by atoms with Crippen LogP contribution in [0.3, 0.4) is 0 Å². The summed E-state index contributed by atoms with van der Waals surface area (Å²) < 4.78 is 0. The highest BCUT2D eigenvalue weighted by atomic mass is 31.0. The maximum Gasteiger partial charge on any atom is -0.0264 e. The molecule has 0 nitrogen and oxygen atoms in total. The van der Waals surface area contributed by atoms with Gasteiger partial charge in [-0.2, -0.15) is 0 Å². The number of hydrogen-bond donors (Lipinski definition) is 0. The van der Waals surface area contributed by atoms with Crippen molar-refractivity contribution in [3.05, 3.63) is 0 Å². The molecule has 128 valence electrons. The van der Waals surface area contributed by atoms with Crippen molar-refractivity contribution in [2.75, 3.05) is 0 Å². The third-order valence-corrected chi connectivity index (χ3v) is 5.25. The van der Waals surface area contributed by atoms with Crippen LogP contribution in [-0.2, 0) is 0 Å². The summed E-state index contributed by atoms with van der Waals surface area (Å²) in [4.78, 5) is 0. The van der Waals surface area contributed by atoms with E-state index in [1.165, 1.54) is 109 Å². The van der Waals surface area contributed by atoms with Gasteiger partial charge in [0.2, 0.25) is 0 Å². The lowest BCUT2D eigenvalue weighted by molar-refractivity contribution is 0.528. The lowest BCUT2D eigenvalue weighted by atomic mass is 10.0. The second-order valence-electron chi connectivity index (χ2n) is 6.93. The van der Waals surface area contributed by atoms with E-state index in [1.54, 1.807) is 0 Å². The molecule has 2 unspecified atom stereocenters. The fourth-order valence-electron chi connectivity index (χ4n) is 3.12. The van der Waals surface area contributed by atoms with E-state index in [1.807, 2.05) is 0 Å². The van der Waals surface area contributed by atoms with Gasteiger partial charge in [-0.3, -0.25) is 0 Å². The molecule has 0 N–H and O–H groups in total. The highest BCUT2D eigenvalue weighted by Gasteiger charge is 2.00. The van der Waals surface area contributed by atoms with Gasteiger partial charge in [-0.1, -0.05) is 110 Å². The van der Waals surface area contributed by atoms with Crippen molar-refractivity contribution in [3.63, 3.8) is 0 Å². The van der Waals surface area contributed by atoms with Crippen molar-refractivity contribution in [3.8, 4) is 0 Å². The summed E-state index contributed by atoms with van der Waals surface area (Å²) in [5.74, 6) is 0. The first-order valence-electron chi connectivity index (χ1n) is 10.1. The van der Waals surface area contributed by atoms with Crippen molar-refractivity contribution in [1.29, 1.82) is 0 Å². The molecule has 2 atom stereocenters. The van der Waals surface area contributed by atoms with Crippen LogP contribution in [0.25, 0.3) is 0 Å². The van der Waals surface area contributed by atoms with Gasteiger partial charge in [0.25, 0.3) is 0 Å². The van der Waals surface area contributed by atoms with E-state index in [9.17, 15) is 0 Å². The number of unbranched alkanes of at least 4 members (excludes halogenated alkanes) is 13. The summed E-state index contributed by atoms with van der Waals surface area (Å²) in [6.07, 6.45) is 24.7. The summed E-state index contributed by atoms with van der Waals surface area (Å²) in [6.45, 7) is 4.59. The lowest BCUT2D eigenvalue weighted by Crippen LogP contribution is -1.96. The van der Waals surface area contributed by atoms with Crippen LogP contribution in [0.4, 0.5) is 0 Å². The summed E-state index contributed by atoms with van der Waals surface area (Å²) in [5, 5.41) is 0. The van der Waals surface area contributed by atoms with Crippen LogP contribution in [0, 0.1) is 0 Å². The Labute approximate surface area is 138 Å². The van der Waals surface area contributed by atoms with Crippen molar-refractivity contribution >= 4 is 9.24 Å². The molecule has 1 heteroatoms. The van der Waals surface area contributed by atoms with E-state index in [4.69, 9.17) is 0 Å². The zero-order chi connectivity index (χ0) is 15.6. The highest BCUT2D eigenvalue weighted by molar-refractivity contribution is 7.17. The fourth-order valence-corrected chi connectivity index (χ4v) is 3.69. The molecule has 0 aliphatic carbocycles. The minimum atomic E-state index is 0.882. The van der Waals surface area contributed by atoms with Crippen molar-refractivity contribution in [1.82, 2.24) is 0 Å². The van der Waals surface area contributed by atoms with Crippen LogP contribution >= 0.6 is 9.24 Å². The van der Waals surface area contributed by atoms with Crippen LogP contribution in [0.5, 0.6) is 0 Å². The average Bonchev–Trinajstić information content (AvgIpc) is 2.48. The van der Waals surface area contributed by atoms with Crippen LogP contribution in [-0.4, -0.2) is 5.66 Å². The van der Waals surface area contributed by atoms with Crippen LogP contribution in [0.15, 0.2) is 0 Å². The first-order valence-corrected chi connectivity index (χ1v) is 10.7. The maximum atomic E-state index is 3.02. The molecular formula is C20H43P. The second kappa shape index (κ2) is 18.5. The van der Waals surface area contributed by atoms with Gasteiger partial charge in [0.1, 0.15) is 0 Å². The van der Waals surface area contributed by atoms with E-state index in [-0.39, 0.29) is 0 Å². The van der Waals surface area contributed by atoms with Gasteiger partial charge in [-0.05, 0) is 18.5 Å². The zero-order valence-electron chi connectivity index (χ0n) is 15.2. The van der Waals surface area contributed by atoms with Crippen molar-refractivity contribution < 1.29 is 0 Å². The monoisotopic (exact) mass is 314 g/mol. The van der Waals surface area contributed by atoms with E-state index in [2.05, 4.69) is 23.1 Å². The molecule has 0 radical (unpaired) electrons. The van der Waals surface area contributed by atoms with Gasteiger partial charge < -0.3 is 0 Å². The molecule has 0 heterocycles. The number of hydrogen-bond acceptors (Lipinski definition) is 0. The molecule has 21 heavy (non-hydrogen) atoms. The molecule has 0 spiro atoms. The standard InChI is InChI=1S/C20H43P/c1-3-5-6-7-8-9-10-11-12-13-14-15-16-17-19-20(21)18-4-2/h20H,3-19,21H2,1-2H3. The second-order valence-corrected chi connectivity index (χ2v) is 7.88. The third kappa shape index (κ3) is 18.4. The molecule has 0 aromatic rings. The Morgan fingerprint density at radius 2 is 0.857 bits per heavy atom. The van der Waals surface area contributed by atoms with Crippen LogP contribution in [0.2, 0.25) is 0 Å². The van der Waals surface area contributed by atoms with Crippen molar-refractivity contribution in [2.45, 2.75) is 129 Å². The third-order valence-electron chi connectivity index (χ3n) is 4.59. The molecule has 0 bridgehead atoms. The molecule has 0 aromatic carbocycles. The fraction of sp³-hybridized carbons (Fsp3) is 1.00. The first kappa shape index (κ1) is 21.4. The van der Waals surface area contributed by atoms with Crippen molar-refractivity contribution in [2.24, 2.45) is 0 Å². The summed E-state index contributed by atoms with van der Waals surface area (Å²) in [6, 6.07) is 0. The normalized spacial score (nSPS) is 12.7. The Hall–Kier alpha value is 0.430. The van der Waals surface area contributed by atoms with Gasteiger partial charge in [-0.15, -0.1) is 9.24 Å². The molecule has 0 aromatic heterocycles. The van der Waals surface area contributed by atoms with E-state index < -0.39 is 0 Å². The van der Waals surface area contributed by atoms with Gasteiger partial charge in [0, 0.05) is 0 Å². The smallest absolute Gasteiger partial charge is 0.0264 e. The summed E-state index contributed by atoms with van der Waals surface area (Å²) in [5.41, 5.74) is 0.882. The molecular weight excluding hydrogens is 271 g/mol. The minimum Gasteiger partial charge on any atom is -0.134 e. The molecule has 0 aliphatic heterocycles. The molecule has 0 aliphatic rings. The maximum absolute atomic E-state index is 3.02. The lowest BCUT2D eigenvalue weighted by Gasteiger charge is -2.09. The quantitative estimate of drug-likeness (QED) is 0.189. The van der Waals surface area contributed by atoms with E-state index in [0.29, 0.717) is 0 Å². The van der Waals surface area contributed by atoms with Gasteiger partial charge in [0.05, 0.1) is 0 Å². The first-order chi connectivity index (χ1) is 10.3. The molecule has 0 rings (SSSR count). The Morgan fingerprint density at radius 1 is 0.476 bits per heavy atom. The molecule has 0 amide bonds. The van der Waals surface area contributed by atoms with Crippen LogP contribution < -0.4 is 0 Å². The summed E-state index contributed by atoms with van der Waals surface area (Å²) in [7, 11) is 3.02. The SMILES string of the molecule is CCCCCCCCCCCCCCCCC(P)CCC. The Kier molecular flexibility index (Phi) is 18.9. The molecule has 0 saturated heterocycles. The Morgan fingerprint density at radius 3 is 1.24 bits per heavy atom. The van der Waals surface area contributed by atoms with E-state index >= 15 is 0 Å². The number of rotatable bonds is 17. The zero-order valence-corrected chi connectivity index (χ0v) is 16.3. The molecule has 0 fully saturated rings. The summed E-state index contributed by atoms with van der Waals surface area (Å²) >= 11 is 0. The van der Waals surface area contributed by atoms with Gasteiger partial charge in [-0.25, -0.2) is 0 Å². The van der Waals surface area contributed by atoms with Crippen LogP contribution in [0.1, 0.15) is 123 Å². The van der Waals surface area contributed by atoms with E-state index in [0.717, 1.165) is 5.66 Å². The van der Waals surface area contributed by atoms with Gasteiger partial charge in [0.15, 0.2) is 0 Å². The largest absolute Gasteiger partial charge is 0.134 e. The van der Waals surface area contributed by atoms with Gasteiger partial charge >= 0.3 is 0 Å². The minimum absolute atomic E-state index is 0.882. The average molecular weight is 315 g/mol. The predicted octanol–water partition coefficient (Wildman–Crippen LogP) is 7.90. The predicted molar refractivity (Wildman–Crippen MR) is 103 cm³/mol. The highest BCUT2D eigenvalue weighted by Crippen LogP contribution is 2.18. The molecule has 0 saturated carbocycles. The topological polar surface area (TPSA) is 0 Å².